The van der Waals surface area contributed by atoms with Gasteiger partial charge in [0, 0.05) is 20.3 Å². The van der Waals surface area contributed by atoms with Gasteiger partial charge in [-0.3, -0.25) is 4.79 Å². The molecule has 9 heteroatoms. The predicted molar refractivity (Wildman–Crippen MR) is 90.5 cm³/mol. The molecule has 0 saturated heterocycles. The van der Waals surface area contributed by atoms with E-state index in [9.17, 15) is 17.6 Å². The van der Waals surface area contributed by atoms with Crippen LogP contribution >= 0.6 is 0 Å². The molecule has 1 N–H and O–H groups in total. The Morgan fingerprint density at radius 2 is 2.04 bits per heavy atom. The Balaban J connectivity index is 2.02. The van der Waals surface area contributed by atoms with Crippen LogP contribution in [0, 0.1) is 5.82 Å². The van der Waals surface area contributed by atoms with Crippen LogP contribution in [0.3, 0.4) is 0 Å². The average Bonchev–Trinajstić information content (AvgIpc) is 2.98. The Labute approximate surface area is 146 Å². The summed E-state index contributed by atoms with van der Waals surface area (Å²) >= 11 is 0. The molecule has 0 fully saturated rings. The number of hydrogen-bond donors (Lipinski definition) is 1. The summed E-state index contributed by atoms with van der Waals surface area (Å²) in [5, 5.41) is 0. The number of sulfonamides is 1. The van der Waals surface area contributed by atoms with Crippen molar-refractivity contribution in [3.8, 4) is 5.75 Å². The van der Waals surface area contributed by atoms with E-state index in [-0.39, 0.29) is 35.4 Å². The van der Waals surface area contributed by atoms with Gasteiger partial charge in [0.15, 0.2) is 11.6 Å². The third-order valence-corrected chi connectivity index (χ3v) is 5.03. The number of ether oxygens (including phenoxy) is 1. The van der Waals surface area contributed by atoms with Crippen LogP contribution in [0.25, 0.3) is 0 Å². The molecule has 2 rings (SSSR count). The van der Waals surface area contributed by atoms with E-state index in [1.165, 1.54) is 40.9 Å². The summed E-state index contributed by atoms with van der Waals surface area (Å²) in [5.41, 5.74) is 0.224. The van der Waals surface area contributed by atoms with Gasteiger partial charge in [-0.05, 0) is 25.2 Å². The molecule has 1 aromatic heterocycles. The van der Waals surface area contributed by atoms with E-state index in [0.29, 0.717) is 0 Å². The van der Waals surface area contributed by atoms with Crippen LogP contribution in [0.1, 0.15) is 10.5 Å². The topological polar surface area (TPSA) is 80.6 Å². The van der Waals surface area contributed by atoms with E-state index in [0.717, 1.165) is 0 Å². The molecule has 0 unspecified atom stereocenters. The van der Waals surface area contributed by atoms with E-state index >= 15 is 0 Å². The minimum absolute atomic E-state index is 0.0110. The van der Waals surface area contributed by atoms with E-state index in [4.69, 9.17) is 4.74 Å². The lowest BCUT2D eigenvalue weighted by Gasteiger charge is -2.18. The van der Waals surface area contributed by atoms with Crippen molar-refractivity contribution in [3.63, 3.8) is 0 Å². The normalized spacial score (nSPS) is 11.4. The number of halogens is 1. The average molecular weight is 369 g/mol. The minimum Gasteiger partial charge on any atom is -0.489 e. The van der Waals surface area contributed by atoms with Gasteiger partial charge >= 0.3 is 0 Å². The largest absolute Gasteiger partial charge is 0.489 e. The first-order chi connectivity index (χ1) is 11.8. The van der Waals surface area contributed by atoms with Crippen LogP contribution in [0.15, 0.2) is 41.4 Å². The summed E-state index contributed by atoms with van der Waals surface area (Å²) in [6, 6.07) is 7.31. The Hall–Kier alpha value is -2.39. The monoisotopic (exact) mass is 369 g/mol. The fourth-order valence-electron chi connectivity index (χ4n) is 2.16. The molecular weight excluding hydrogens is 349 g/mol. The summed E-state index contributed by atoms with van der Waals surface area (Å²) in [4.78, 5) is 13.9. The van der Waals surface area contributed by atoms with Crippen molar-refractivity contribution < 1.29 is 22.3 Å². The molecule has 0 bridgehead atoms. The standard InChI is InChI=1S/C16H20FN3O4S/c1-18-25(22,23)12-10-14(20(3)11-12)16(21)19(2)8-9-24-15-7-5-4-6-13(15)17/h4-7,10-11,18H,8-9H2,1-3H3. The highest BCUT2D eigenvalue weighted by Crippen LogP contribution is 2.16. The third-order valence-electron chi connectivity index (χ3n) is 3.65. The maximum atomic E-state index is 13.5. The van der Waals surface area contributed by atoms with Crippen molar-refractivity contribution >= 4 is 15.9 Å². The van der Waals surface area contributed by atoms with Crippen molar-refractivity contribution in [1.29, 1.82) is 0 Å². The number of likely N-dealkylation sites (N-methyl/N-ethyl adjacent to an activating group) is 1. The lowest BCUT2D eigenvalue weighted by atomic mass is 10.3. The van der Waals surface area contributed by atoms with Crippen molar-refractivity contribution in [2.45, 2.75) is 4.90 Å². The second-order valence-electron chi connectivity index (χ2n) is 5.39. The second kappa shape index (κ2) is 7.66. The Bertz CT molecular complexity index is 864. The maximum Gasteiger partial charge on any atom is 0.270 e. The zero-order chi connectivity index (χ0) is 18.6. The van der Waals surface area contributed by atoms with Crippen LogP contribution in [0.4, 0.5) is 4.39 Å². The Morgan fingerprint density at radius 1 is 1.36 bits per heavy atom. The van der Waals surface area contributed by atoms with Gasteiger partial charge in [-0.1, -0.05) is 12.1 Å². The second-order valence-corrected chi connectivity index (χ2v) is 7.27. The molecule has 1 aromatic carbocycles. The number of carbonyl (C=O) groups is 1. The third kappa shape index (κ3) is 4.37. The van der Waals surface area contributed by atoms with Crippen molar-refractivity contribution in [2.75, 3.05) is 27.2 Å². The van der Waals surface area contributed by atoms with Crippen LogP contribution in [0.2, 0.25) is 0 Å². The molecule has 0 aliphatic heterocycles. The van der Waals surface area contributed by atoms with Gasteiger partial charge in [-0.2, -0.15) is 0 Å². The summed E-state index contributed by atoms with van der Waals surface area (Å²) in [7, 11) is 0.828. The Morgan fingerprint density at radius 3 is 2.68 bits per heavy atom. The van der Waals surface area contributed by atoms with Gasteiger partial charge in [0.2, 0.25) is 10.0 Å². The van der Waals surface area contributed by atoms with Gasteiger partial charge in [0.05, 0.1) is 6.54 Å². The predicted octanol–water partition coefficient (Wildman–Crippen LogP) is 1.22. The van der Waals surface area contributed by atoms with Gasteiger partial charge in [-0.25, -0.2) is 17.5 Å². The van der Waals surface area contributed by atoms with E-state index < -0.39 is 15.8 Å². The zero-order valence-electron chi connectivity index (χ0n) is 14.2. The number of carbonyl (C=O) groups excluding carboxylic acids is 1. The van der Waals surface area contributed by atoms with Crippen LogP contribution in [-0.2, 0) is 17.1 Å². The lowest BCUT2D eigenvalue weighted by molar-refractivity contribution is 0.0763. The highest BCUT2D eigenvalue weighted by Gasteiger charge is 2.21. The number of para-hydroxylation sites is 1. The molecule has 0 aliphatic carbocycles. The number of hydrogen-bond acceptors (Lipinski definition) is 4. The SMILES string of the molecule is CNS(=O)(=O)c1cc(C(=O)N(C)CCOc2ccccc2F)n(C)c1. The van der Waals surface area contributed by atoms with Crippen LogP contribution in [-0.4, -0.2) is 51.0 Å². The van der Waals surface area contributed by atoms with E-state index in [2.05, 4.69) is 4.72 Å². The van der Waals surface area contributed by atoms with Gasteiger partial charge in [0.25, 0.3) is 5.91 Å². The zero-order valence-corrected chi connectivity index (χ0v) is 15.0. The van der Waals surface area contributed by atoms with Crippen molar-refractivity contribution in [3.05, 3.63) is 48.0 Å². The van der Waals surface area contributed by atoms with E-state index in [1.54, 1.807) is 26.2 Å². The summed E-state index contributed by atoms with van der Waals surface area (Å²) < 4.78 is 46.1. The van der Waals surface area contributed by atoms with Gasteiger partial charge < -0.3 is 14.2 Å². The maximum absolute atomic E-state index is 13.5. The summed E-state index contributed by atoms with van der Waals surface area (Å²) in [6.45, 7) is 0.321. The van der Waals surface area contributed by atoms with Crippen molar-refractivity contribution in [2.24, 2.45) is 7.05 Å². The number of amides is 1. The fourth-order valence-corrected chi connectivity index (χ4v) is 2.96. The van der Waals surface area contributed by atoms with Crippen molar-refractivity contribution in [1.82, 2.24) is 14.2 Å². The molecule has 0 spiro atoms. The molecule has 25 heavy (non-hydrogen) atoms. The Kier molecular flexibility index (Phi) is 5.81. The molecule has 2 aromatic rings. The van der Waals surface area contributed by atoms with E-state index in [1.807, 2.05) is 0 Å². The first kappa shape index (κ1) is 18.9. The first-order valence-electron chi connectivity index (χ1n) is 7.49. The number of benzene rings is 1. The molecule has 136 valence electrons. The lowest BCUT2D eigenvalue weighted by Crippen LogP contribution is -2.32. The smallest absolute Gasteiger partial charge is 0.270 e. The molecule has 0 saturated carbocycles. The molecule has 7 nitrogen and oxygen atoms in total. The fraction of sp³-hybridized carbons (Fsp3) is 0.312. The minimum atomic E-state index is -3.62. The number of nitrogens with one attached hydrogen (secondary N) is 1. The number of nitrogens with zero attached hydrogens (tertiary/aromatic N) is 2. The molecule has 1 heterocycles. The highest BCUT2D eigenvalue weighted by molar-refractivity contribution is 7.89. The molecule has 1 amide bonds. The molecular formula is C16H20FN3O4S. The molecule has 0 atom stereocenters. The van der Waals surface area contributed by atoms with Gasteiger partial charge in [0.1, 0.15) is 17.2 Å². The summed E-state index contributed by atoms with van der Waals surface area (Å²) in [6.07, 6.45) is 1.36. The number of rotatable bonds is 7. The van der Waals surface area contributed by atoms with Crippen LogP contribution < -0.4 is 9.46 Å². The highest BCUT2D eigenvalue weighted by atomic mass is 32.2. The molecule has 0 radical (unpaired) electrons. The number of aryl methyl sites for hydroxylation is 1. The molecule has 0 aliphatic rings. The first-order valence-corrected chi connectivity index (χ1v) is 8.97. The van der Waals surface area contributed by atoms with Gasteiger partial charge in [-0.15, -0.1) is 0 Å². The quantitative estimate of drug-likeness (QED) is 0.796. The number of aromatic nitrogens is 1. The van der Waals surface area contributed by atoms with Crippen LogP contribution in [0.5, 0.6) is 5.75 Å². The summed E-state index contributed by atoms with van der Waals surface area (Å²) in [5.74, 6) is -0.720.